The van der Waals surface area contributed by atoms with Gasteiger partial charge in [0.15, 0.2) is 0 Å². The number of carbonyl (C=O) groups excluding carboxylic acids is 1. The van der Waals surface area contributed by atoms with Gasteiger partial charge in [0.1, 0.15) is 0 Å². The minimum Gasteiger partial charge on any atom is -0.383 e. The third-order valence-electron chi connectivity index (χ3n) is 4.88. The maximum Gasteiger partial charge on any atom is 0.234 e. The summed E-state index contributed by atoms with van der Waals surface area (Å²) in [6, 6.07) is 24.8. The zero-order valence-electron chi connectivity index (χ0n) is 16.6. The molecule has 4 heteroatoms. The molecule has 0 aliphatic rings. The summed E-state index contributed by atoms with van der Waals surface area (Å²) in [5.41, 5.74) is 2.30. The molecule has 3 aromatic rings. The second-order valence-electron chi connectivity index (χ2n) is 7.08. The molecule has 146 valence electrons. The van der Waals surface area contributed by atoms with Gasteiger partial charge in [-0.25, -0.2) is 0 Å². The lowest BCUT2D eigenvalue weighted by Crippen LogP contribution is -2.39. The highest BCUT2D eigenvalue weighted by molar-refractivity contribution is 5.83. The summed E-state index contributed by atoms with van der Waals surface area (Å²) in [6.07, 6.45) is 0. The summed E-state index contributed by atoms with van der Waals surface area (Å²) >= 11 is 0. The minimum atomic E-state index is -0.0434. The Labute approximate surface area is 167 Å². The number of carbonyl (C=O) groups is 1. The Bertz CT molecular complexity index is 895. The summed E-state index contributed by atoms with van der Waals surface area (Å²) in [5.74, 6) is 0.0210. The van der Waals surface area contributed by atoms with Crippen LogP contribution in [0.3, 0.4) is 0 Å². The van der Waals surface area contributed by atoms with Crippen LogP contribution in [0.15, 0.2) is 72.8 Å². The van der Waals surface area contributed by atoms with Crippen LogP contribution in [-0.4, -0.2) is 37.6 Å². The summed E-state index contributed by atoms with van der Waals surface area (Å²) in [5, 5.41) is 5.53. The zero-order valence-corrected chi connectivity index (χ0v) is 16.6. The predicted molar refractivity (Wildman–Crippen MR) is 114 cm³/mol. The minimum absolute atomic E-state index is 0.0210. The molecule has 3 rings (SSSR count). The highest BCUT2D eigenvalue weighted by Gasteiger charge is 2.14. The SMILES string of the molecule is COCCN(CC(=O)NC(C)c1ccc2ccccc2c1)Cc1ccccc1. The van der Waals surface area contributed by atoms with Gasteiger partial charge in [-0.05, 0) is 34.9 Å². The Kier molecular flexibility index (Phi) is 7.18. The number of nitrogens with one attached hydrogen (secondary N) is 1. The standard InChI is InChI=1S/C24H28N2O2/c1-19(22-13-12-21-10-6-7-11-23(21)16-22)25-24(27)18-26(14-15-28-2)17-20-8-4-3-5-9-20/h3-13,16,19H,14-15,17-18H2,1-2H3,(H,25,27). The molecule has 4 nitrogen and oxygen atoms in total. The van der Waals surface area contributed by atoms with Crippen LogP contribution < -0.4 is 5.32 Å². The maximum atomic E-state index is 12.7. The molecule has 0 aromatic heterocycles. The van der Waals surface area contributed by atoms with Crippen LogP contribution in [0.25, 0.3) is 10.8 Å². The molecule has 1 atom stereocenters. The topological polar surface area (TPSA) is 41.6 Å². The molecule has 0 saturated heterocycles. The molecular formula is C24H28N2O2. The third-order valence-corrected chi connectivity index (χ3v) is 4.88. The summed E-state index contributed by atoms with van der Waals surface area (Å²) in [4.78, 5) is 14.8. The highest BCUT2D eigenvalue weighted by atomic mass is 16.5. The molecule has 0 aliphatic heterocycles. The number of benzene rings is 3. The van der Waals surface area contributed by atoms with Gasteiger partial charge in [-0.1, -0.05) is 66.7 Å². The van der Waals surface area contributed by atoms with E-state index in [4.69, 9.17) is 4.74 Å². The molecule has 1 amide bonds. The lowest BCUT2D eigenvalue weighted by molar-refractivity contribution is -0.123. The fourth-order valence-electron chi connectivity index (χ4n) is 3.33. The Morgan fingerprint density at radius 2 is 1.71 bits per heavy atom. The van der Waals surface area contributed by atoms with E-state index in [-0.39, 0.29) is 11.9 Å². The van der Waals surface area contributed by atoms with E-state index >= 15 is 0 Å². The van der Waals surface area contributed by atoms with E-state index in [9.17, 15) is 4.79 Å². The van der Waals surface area contributed by atoms with Gasteiger partial charge in [0.25, 0.3) is 0 Å². The molecule has 0 bridgehead atoms. The fourth-order valence-corrected chi connectivity index (χ4v) is 3.33. The molecule has 0 spiro atoms. The van der Waals surface area contributed by atoms with E-state index in [0.29, 0.717) is 19.7 Å². The highest BCUT2D eigenvalue weighted by Crippen LogP contribution is 2.20. The monoisotopic (exact) mass is 376 g/mol. The van der Waals surface area contributed by atoms with Crippen molar-refractivity contribution < 1.29 is 9.53 Å². The summed E-state index contributed by atoms with van der Waals surface area (Å²) in [6.45, 7) is 4.40. The van der Waals surface area contributed by atoms with Crippen molar-refractivity contribution >= 4 is 16.7 Å². The smallest absolute Gasteiger partial charge is 0.234 e. The first-order valence-corrected chi connectivity index (χ1v) is 9.69. The first-order valence-electron chi connectivity index (χ1n) is 9.69. The van der Waals surface area contributed by atoms with Crippen LogP contribution in [0.4, 0.5) is 0 Å². The molecule has 0 saturated carbocycles. The van der Waals surface area contributed by atoms with E-state index in [0.717, 1.165) is 12.1 Å². The normalized spacial score (nSPS) is 12.2. The summed E-state index contributed by atoms with van der Waals surface area (Å²) in [7, 11) is 1.68. The Morgan fingerprint density at radius 3 is 2.46 bits per heavy atom. The van der Waals surface area contributed by atoms with Gasteiger partial charge in [-0.2, -0.15) is 0 Å². The number of ether oxygens (including phenoxy) is 1. The fraction of sp³-hybridized carbons (Fsp3) is 0.292. The van der Waals surface area contributed by atoms with Gasteiger partial charge < -0.3 is 10.1 Å². The van der Waals surface area contributed by atoms with Gasteiger partial charge in [0.2, 0.25) is 5.91 Å². The van der Waals surface area contributed by atoms with Crippen molar-refractivity contribution in [3.05, 3.63) is 83.9 Å². The molecule has 3 aromatic carbocycles. The van der Waals surface area contributed by atoms with Crippen molar-refractivity contribution in [1.82, 2.24) is 10.2 Å². The molecule has 0 aliphatic carbocycles. The lowest BCUT2D eigenvalue weighted by atomic mass is 10.0. The molecule has 1 N–H and O–H groups in total. The average Bonchev–Trinajstić information content (AvgIpc) is 2.72. The predicted octanol–water partition coefficient (Wildman–Crippen LogP) is 4.17. The van der Waals surface area contributed by atoms with E-state index < -0.39 is 0 Å². The molecular weight excluding hydrogens is 348 g/mol. The third kappa shape index (κ3) is 5.65. The molecule has 0 fully saturated rings. The van der Waals surface area contributed by atoms with E-state index in [2.05, 4.69) is 52.7 Å². The van der Waals surface area contributed by atoms with Gasteiger partial charge in [0.05, 0.1) is 19.2 Å². The van der Waals surface area contributed by atoms with E-state index in [1.165, 1.54) is 16.3 Å². The van der Waals surface area contributed by atoms with Gasteiger partial charge in [0, 0.05) is 20.2 Å². The average molecular weight is 377 g/mol. The number of hydrogen-bond donors (Lipinski definition) is 1. The van der Waals surface area contributed by atoms with Crippen molar-refractivity contribution in [1.29, 1.82) is 0 Å². The van der Waals surface area contributed by atoms with Crippen molar-refractivity contribution in [2.45, 2.75) is 19.5 Å². The first kappa shape index (κ1) is 20.1. The second-order valence-corrected chi connectivity index (χ2v) is 7.08. The van der Waals surface area contributed by atoms with Crippen LogP contribution >= 0.6 is 0 Å². The molecule has 28 heavy (non-hydrogen) atoms. The van der Waals surface area contributed by atoms with Crippen molar-refractivity contribution in [3.63, 3.8) is 0 Å². The largest absolute Gasteiger partial charge is 0.383 e. The van der Waals surface area contributed by atoms with Crippen LogP contribution in [0.5, 0.6) is 0 Å². The lowest BCUT2D eigenvalue weighted by Gasteiger charge is -2.23. The maximum absolute atomic E-state index is 12.7. The quantitative estimate of drug-likeness (QED) is 0.610. The van der Waals surface area contributed by atoms with Crippen LogP contribution in [0, 0.1) is 0 Å². The number of rotatable bonds is 9. The van der Waals surface area contributed by atoms with Gasteiger partial charge >= 0.3 is 0 Å². The molecule has 0 heterocycles. The van der Waals surface area contributed by atoms with Crippen LogP contribution in [-0.2, 0) is 16.1 Å². The van der Waals surface area contributed by atoms with Gasteiger partial charge in [-0.15, -0.1) is 0 Å². The number of nitrogens with zero attached hydrogens (tertiary/aromatic N) is 1. The Balaban J connectivity index is 1.61. The Morgan fingerprint density at radius 1 is 1.00 bits per heavy atom. The van der Waals surface area contributed by atoms with E-state index in [1.807, 2.05) is 37.3 Å². The number of methoxy groups -OCH3 is 1. The van der Waals surface area contributed by atoms with Crippen molar-refractivity contribution in [2.75, 3.05) is 26.8 Å². The first-order chi connectivity index (χ1) is 13.7. The number of hydrogen-bond acceptors (Lipinski definition) is 3. The Hall–Kier alpha value is -2.69. The van der Waals surface area contributed by atoms with Crippen molar-refractivity contribution in [2.24, 2.45) is 0 Å². The van der Waals surface area contributed by atoms with Crippen LogP contribution in [0.1, 0.15) is 24.1 Å². The zero-order chi connectivity index (χ0) is 19.8. The second kappa shape index (κ2) is 10.0. The number of amides is 1. The molecule has 1 unspecified atom stereocenters. The number of fused-ring (bicyclic) bond motifs is 1. The van der Waals surface area contributed by atoms with Gasteiger partial charge in [-0.3, -0.25) is 9.69 Å². The molecule has 0 radical (unpaired) electrons. The van der Waals surface area contributed by atoms with Crippen LogP contribution in [0.2, 0.25) is 0 Å². The van der Waals surface area contributed by atoms with Crippen molar-refractivity contribution in [3.8, 4) is 0 Å². The van der Waals surface area contributed by atoms with E-state index in [1.54, 1.807) is 7.11 Å². The summed E-state index contributed by atoms with van der Waals surface area (Å²) < 4.78 is 5.21.